The van der Waals surface area contributed by atoms with Gasteiger partial charge in [0.2, 0.25) is 0 Å². The van der Waals surface area contributed by atoms with E-state index < -0.39 is 0 Å². The molecule has 0 radical (unpaired) electrons. The molecule has 1 saturated heterocycles. The minimum Gasteiger partial charge on any atom is -0.313 e. The first-order chi connectivity index (χ1) is 7.33. The van der Waals surface area contributed by atoms with Crippen molar-refractivity contribution in [3.63, 3.8) is 0 Å². The van der Waals surface area contributed by atoms with E-state index in [1.165, 1.54) is 31.4 Å². The zero-order valence-electron chi connectivity index (χ0n) is 9.79. The van der Waals surface area contributed by atoms with E-state index in [0.717, 1.165) is 0 Å². The van der Waals surface area contributed by atoms with Crippen LogP contribution in [0, 0.1) is 0 Å². The van der Waals surface area contributed by atoms with Crippen molar-refractivity contribution in [1.82, 2.24) is 5.32 Å². The van der Waals surface area contributed by atoms with E-state index >= 15 is 0 Å². The summed E-state index contributed by atoms with van der Waals surface area (Å²) in [6.07, 6.45) is 3.75. The zero-order valence-corrected chi connectivity index (χ0v) is 9.79. The summed E-state index contributed by atoms with van der Waals surface area (Å²) in [6.45, 7) is 5.78. The molecule has 82 valence electrons. The Morgan fingerprint density at radius 2 is 2.00 bits per heavy atom. The quantitative estimate of drug-likeness (QED) is 0.796. The standard InChI is InChI=1S/C14H21N/c1-3-13-14(4-2,10-11-15-13)12-8-6-5-7-9-12/h5-9,13,15H,3-4,10-11H2,1-2H3. The average Bonchev–Trinajstić information content (AvgIpc) is 2.74. The molecule has 1 nitrogen and oxygen atoms in total. The van der Waals surface area contributed by atoms with Crippen molar-refractivity contribution in [2.75, 3.05) is 6.54 Å². The molecule has 1 heteroatoms. The Bertz CT molecular complexity index is 306. The van der Waals surface area contributed by atoms with Gasteiger partial charge in [-0.2, -0.15) is 0 Å². The van der Waals surface area contributed by atoms with Crippen molar-refractivity contribution in [1.29, 1.82) is 0 Å². The minimum atomic E-state index is 0.385. The first kappa shape index (κ1) is 10.7. The molecule has 15 heavy (non-hydrogen) atoms. The molecule has 2 unspecified atom stereocenters. The van der Waals surface area contributed by atoms with Crippen LogP contribution in [0.2, 0.25) is 0 Å². The summed E-state index contributed by atoms with van der Waals surface area (Å²) >= 11 is 0. The van der Waals surface area contributed by atoms with E-state index in [-0.39, 0.29) is 0 Å². The summed E-state index contributed by atoms with van der Waals surface area (Å²) in [4.78, 5) is 0. The highest BCUT2D eigenvalue weighted by Gasteiger charge is 2.41. The Hall–Kier alpha value is -0.820. The van der Waals surface area contributed by atoms with Crippen molar-refractivity contribution in [3.05, 3.63) is 35.9 Å². The van der Waals surface area contributed by atoms with Crippen LogP contribution in [0.25, 0.3) is 0 Å². The third-order valence-electron chi connectivity index (χ3n) is 4.02. The van der Waals surface area contributed by atoms with Crippen LogP contribution in [0.4, 0.5) is 0 Å². The monoisotopic (exact) mass is 203 g/mol. The van der Waals surface area contributed by atoms with Crippen molar-refractivity contribution in [2.24, 2.45) is 0 Å². The number of benzene rings is 1. The molecule has 2 rings (SSSR count). The van der Waals surface area contributed by atoms with Gasteiger partial charge in [0.25, 0.3) is 0 Å². The molecule has 2 atom stereocenters. The van der Waals surface area contributed by atoms with Gasteiger partial charge in [-0.05, 0) is 31.4 Å². The second kappa shape index (κ2) is 4.36. The Labute approximate surface area is 92.9 Å². The van der Waals surface area contributed by atoms with Crippen LogP contribution in [-0.4, -0.2) is 12.6 Å². The first-order valence-corrected chi connectivity index (χ1v) is 6.12. The molecule has 0 bridgehead atoms. The van der Waals surface area contributed by atoms with Gasteiger partial charge >= 0.3 is 0 Å². The van der Waals surface area contributed by atoms with Gasteiger partial charge in [0.1, 0.15) is 0 Å². The minimum absolute atomic E-state index is 0.385. The maximum atomic E-state index is 3.65. The fourth-order valence-corrected chi connectivity index (χ4v) is 3.12. The highest BCUT2D eigenvalue weighted by molar-refractivity contribution is 5.29. The third-order valence-corrected chi connectivity index (χ3v) is 4.02. The van der Waals surface area contributed by atoms with E-state index in [1.54, 1.807) is 0 Å². The van der Waals surface area contributed by atoms with Gasteiger partial charge in [0.05, 0.1) is 0 Å². The second-order valence-corrected chi connectivity index (χ2v) is 4.54. The van der Waals surface area contributed by atoms with Gasteiger partial charge in [-0.15, -0.1) is 0 Å². The van der Waals surface area contributed by atoms with Crippen LogP contribution in [0.3, 0.4) is 0 Å². The average molecular weight is 203 g/mol. The summed E-state index contributed by atoms with van der Waals surface area (Å²) in [6, 6.07) is 11.7. The molecule has 1 aliphatic heterocycles. The number of hydrogen-bond acceptors (Lipinski definition) is 1. The van der Waals surface area contributed by atoms with Gasteiger partial charge < -0.3 is 5.32 Å². The van der Waals surface area contributed by atoms with Gasteiger partial charge in [-0.1, -0.05) is 44.2 Å². The van der Waals surface area contributed by atoms with E-state index in [0.29, 0.717) is 11.5 Å². The fourth-order valence-electron chi connectivity index (χ4n) is 3.12. The molecule has 0 aliphatic carbocycles. The second-order valence-electron chi connectivity index (χ2n) is 4.54. The van der Waals surface area contributed by atoms with Gasteiger partial charge in [0.15, 0.2) is 0 Å². The molecule has 0 saturated carbocycles. The maximum Gasteiger partial charge on any atom is 0.0162 e. The highest BCUT2D eigenvalue weighted by atomic mass is 15.0. The van der Waals surface area contributed by atoms with E-state index in [1.807, 2.05) is 0 Å². The van der Waals surface area contributed by atoms with Crippen LogP contribution in [0.1, 0.15) is 38.7 Å². The van der Waals surface area contributed by atoms with Crippen LogP contribution in [0.5, 0.6) is 0 Å². The summed E-state index contributed by atoms with van der Waals surface area (Å²) < 4.78 is 0. The van der Waals surface area contributed by atoms with Gasteiger partial charge in [-0.25, -0.2) is 0 Å². The summed E-state index contributed by atoms with van der Waals surface area (Å²) in [5.74, 6) is 0. The molecule has 0 aromatic heterocycles. The lowest BCUT2D eigenvalue weighted by molar-refractivity contribution is 0.347. The van der Waals surface area contributed by atoms with E-state index in [4.69, 9.17) is 0 Å². The fraction of sp³-hybridized carbons (Fsp3) is 0.571. The Morgan fingerprint density at radius 3 is 2.60 bits per heavy atom. The Morgan fingerprint density at radius 1 is 1.27 bits per heavy atom. The van der Waals surface area contributed by atoms with Gasteiger partial charge in [-0.3, -0.25) is 0 Å². The molecule has 1 heterocycles. The van der Waals surface area contributed by atoms with E-state index in [9.17, 15) is 0 Å². The normalized spacial score (nSPS) is 30.7. The van der Waals surface area contributed by atoms with Gasteiger partial charge in [0, 0.05) is 11.5 Å². The largest absolute Gasteiger partial charge is 0.313 e. The lowest BCUT2D eigenvalue weighted by atomic mass is 9.71. The maximum absolute atomic E-state index is 3.65. The van der Waals surface area contributed by atoms with Crippen LogP contribution >= 0.6 is 0 Å². The molecule has 1 aliphatic rings. The van der Waals surface area contributed by atoms with Crippen molar-refractivity contribution in [2.45, 2.75) is 44.6 Å². The number of nitrogens with one attached hydrogen (secondary N) is 1. The highest BCUT2D eigenvalue weighted by Crippen LogP contribution is 2.39. The third kappa shape index (κ3) is 1.69. The molecule has 1 N–H and O–H groups in total. The smallest absolute Gasteiger partial charge is 0.0162 e. The molecular weight excluding hydrogens is 182 g/mol. The van der Waals surface area contributed by atoms with E-state index in [2.05, 4.69) is 49.5 Å². The van der Waals surface area contributed by atoms with Crippen LogP contribution < -0.4 is 5.32 Å². The summed E-state index contributed by atoms with van der Waals surface area (Å²) in [5, 5.41) is 3.65. The Balaban J connectivity index is 2.36. The van der Waals surface area contributed by atoms with Crippen molar-refractivity contribution >= 4 is 0 Å². The number of hydrogen-bond donors (Lipinski definition) is 1. The SMILES string of the molecule is CCC1NCCC1(CC)c1ccccc1. The molecule has 1 aromatic carbocycles. The predicted octanol–water partition coefficient (Wildman–Crippen LogP) is 3.11. The summed E-state index contributed by atoms with van der Waals surface area (Å²) in [5.41, 5.74) is 1.90. The topological polar surface area (TPSA) is 12.0 Å². The van der Waals surface area contributed by atoms with Crippen molar-refractivity contribution in [3.8, 4) is 0 Å². The van der Waals surface area contributed by atoms with Crippen molar-refractivity contribution < 1.29 is 0 Å². The molecule has 0 spiro atoms. The number of rotatable bonds is 3. The lowest BCUT2D eigenvalue weighted by Gasteiger charge is -2.34. The zero-order chi connectivity index (χ0) is 10.7. The van der Waals surface area contributed by atoms with Crippen LogP contribution in [-0.2, 0) is 5.41 Å². The Kier molecular flexibility index (Phi) is 3.11. The molecule has 1 aromatic rings. The lowest BCUT2D eigenvalue weighted by Crippen LogP contribution is -2.39. The first-order valence-electron chi connectivity index (χ1n) is 6.12. The molecule has 1 fully saturated rings. The summed E-state index contributed by atoms with van der Waals surface area (Å²) in [7, 11) is 0. The molecular formula is C14H21N. The van der Waals surface area contributed by atoms with Crippen LogP contribution in [0.15, 0.2) is 30.3 Å². The molecule has 0 amide bonds. The predicted molar refractivity (Wildman–Crippen MR) is 65.1 cm³/mol.